The van der Waals surface area contributed by atoms with E-state index >= 15 is 0 Å². The van der Waals surface area contributed by atoms with Gasteiger partial charge in [0.25, 0.3) is 0 Å². The van der Waals surface area contributed by atoms with Crippen LogP contribution >= 0.6 is 11.5 Å². The molecule has 0 radical (unpaired) electrons. The zero-order valence-electron chi connectivity index (χ0n) is 5.63. The molecule has 2 N–H and O–H groups in total. The Morgan fingerprint density at radius 2 is 2.60 bits per heavy atom. The number of nitrogen functional groups attached to an aromatic ring is 1. The molecule has 0 bridgehead atoms. The predicted molar refractivity (Wildman–Crippen MR) is 41.1 cm³/mol. The summed E-state index contributed by atoms with van der Waals surface area (Å²) in [5.74, 6) is 0.0613. The summed E-state index contributed by atoms with van der Waals surface area (Å²) in [5.41, 5.74) is 6.01. The van der Waals surface area contributed by atoms with E-state index in [0.717, 1.165) is 11.5 Å². The van der Waals surface area contributed by atoms with Gasteiger partial charge in [-0.25, -0.2) is 0 Å². The van der Waals surface area contributed by atoms with Crippen molar-refractivity contribution in [3.8, 4) is 0 Å². The van der Waals surface area contributed by atoms with Crippen molar-refractivity contribution in [1.29, 1.82) is 0 Å². The highest BCUT2D eigenvalue weighted by atomic mass is 32.1. The number of nitrogens with zero attached hydrogens (tertiary/aromatic N) is 1. The molecule has 0 amide bonds. The van der Waals surface area contributed by atoms with Gasteiger partial charge in [0, 0.05) is 6.42 Å². The van der Waals surface area contributed by atoms with Crippen LogP contribution in [0.5, 0.6) is 0 Å². The normalized spacial score (nSPS) is 9.70. The number of anilines is 1. The van der Waals surface area contributed by atoms with Gasteiger partial charge in [-0.05, 0) is 11.5 Å². The van der Waals surface area contributed by atoms with Gasteiger partial charge in [0.05, 0.1) is 11.8 Å². The average molecular weight is 156 g/mol. The van der Waals surface area contributed by atoms with Crippen molar-refractivity contribution in [2.75, 3.05) is 5.73 Å². The van der Waals surface area contributed by atoms with Crippen LogP contribution in [0.15, 0.2) is 6.20 Å². The summed E-state index contributed by atoms with van der Waals surface area (Å²) in [5, 5.41) is 0.520. The fraction of sp³-hybridized carbons (Fsp3) is 0.333. The molecule has 10 heavy (non-hydrogen) atoms. The number of carbonyl (C=O) groups is 1. The molecular formula is C6H8N2OS. The fourth-order valence-corrected chi connectivity index (χ4v) is 1.19. The second-order valence-corrected chi connectivity index (χ2v) is 2.71. The molecule has 1 aromatic heterocycles. The minimum atomic E-state index is 0.0613. The van der Waals surface area contributed by atoms with Crippen molar-refractivity contribution in [2.45, 2.75) is 13.3 Å². The van der Waals surface area contributed by atoms with E-state index in [0.29, 0.717) is 17.0 Å². The Hall–Kier alpha value is -0.900. The third kappa shape index (κ3) is 1.16. The number of nitrogens with two attached hydrogens (primary N) is 1. The van der Waals surface area contributed by atoms with Gasteiger partial charge in [-0.3, -0.25) is 4.79 Å². The molecule has 4 heteroatoms. The van der Waals surface area contributed by atoms with Gasteiger partial charge in [-0.1, -0.05) is 6.92 Å². The van der Waals surface area contributed by atoms with Crippen molar-refractivity contribution >= 4 is 22.3 Å². The molecule has 1 heterocycles. The lowest BCUT2D eigenvalue weighted by atomic mass is 10.2. The lowest BCUT2D eigenvalue weighted by Crippen LogP contribution is -1.97. The van der Waals surface area contributed by atoms with Gasteiger partial charge in [0.2, 0.25) is 0 Å². The first-order valence-corrected chi connectivity index (χ1v) is 3.76. The summed E-state index contributed by atoms with van der Waals surface area (Å²) < 4.78 is 3.79. The SMILES string of the molecule is CCC(=O)c1cnsc1N. The third-order valence-electron chi connectivity index (χ3n) is 1.22. The lowest BCUT2D eigenvalue weighted by molar-refractivity contribution is 0.0989. The first-order valence-electron chi connectivity index (χ1n) is 2.99. The summed E-state index contributed by atoms with van der Waals surface area (Å²) in [4.78, 5) is 11.0. The summed E-state index contributed by atoms with van der Waals surface area (Å²) >= 11 is 1.16. The van der Waals surface area contributed by atoms with E-state index < -0.39 is 0 Å². The van der Waals surface area contributed by atoms with Crippen LogP contribution in [-0.4, -0.2) is 10.2 Å². The predicted octanol–water partition coefficient (Wildman–Crippen LogP) is 1.32. The molecule has 0 aliphatic carbocycles. The van der Waals surface area contributed by atoms with E-state index in [4.69, 9.17) is 5.73 Å². The van der Waals surface area contributed by atoms with Crippen LogP contribution in [0.4, 0.5) is 5.00 Å². The van der Waals surface area contributed by atoms with E-state index in [9.17, 15) is 4.79 Å². The molecule has 54 valence electrons. The molecule has 0 aliphatic heterocycles. The highest BCUT2D eigenvalue weighted by Gasteiger charge is 2.08. The van der Waals surface area contributed by atoms with Gasteiger partial charge in [-0.2, -0.15) is 4.37 Å². The molecule has 0 aliphatic rings. The first kappa shape index (κ1) is 7.21. The zero-order chi connectivity index (χ0) is 7.56. The molecular weight excluding hydrogens is 148 g/mol. The first-order chi connectivity index (χ1) is 4.75. The van der Waals surface area contributed by atoms with Crippen LogP contribution in [0.25, 0.3) is 0 Å². The summed E-state index contributed by atoms with van der Waals surface area (Å²) in [6.07, 6.45) is 2.01. The molecule has 0 spiro atoms. The van der Waals surface area contributed by atoms with Crippen LogP contribution in [0.2, 0.25) is 0 Å². The standard InChI is InChI=1S/C6H8N2OS/c1-2-5(9)4-3-8-10-6(4)7/h3H,2,7H2,1H3. The highest BCUT2D eigenvalue weighted by molar-refractivity contribution is 7.10. The summed E-state index contributed by atoms with van der Waals surface area (Å²) in [7, 11) is 0. The van der Waals surface area contributed by atoms with Gasteiger partial charge in [0.15, 0.2) is 5.78 Å². The van der Waals surface area contributed by atoms with E-state index in [1.54, 1.807) is 6.92 Å². The third-order valence-corrected chi connectivity index (χ3v) is 1.85. The van der Waals surface area contributed by atoms with Gasteiger partial charge in [0.1, 0.15) is 5.00 Å². The molecule has 0 aromatic carbocycles. The van der Waals surface area contributed by atoms with Crippen LogP contribution in [0.1, 0.15) is 23.7 Å². The molecule has 0 saturated heterocycles. The molecule has 0 fully saturated rings. The fourth-order valence-electron chi connectivity index (χ4n) is 0.648. The molecule has 1 rings (SSSR count). The molecule has 0 atom stereocenters. The molecule has 3 nitrogen and oxygen atoms in total. The number of hydrogen-bond acceptors (Lipinski definition) is 4. The summed E-state index contributed by atoms with van der Waals surface area (Å²) in [6.45, 7) is 1.80. The van der Waals surface area contributed by atoms with Crippen LogP contribution in [0.3, 0.4) is 0 Å². The van der Waals surface area contributed by atoms with E-state index in [1.807, 2.05) is 0 Å². The van der Waals surface area contributed by atoms with Crippen molar-refractivity contribution in [1.82, 2.24) is 4.37 Å². The van der Waals surface area contributed by atoms with Crippen molar-refractivity contribution in [2.24, 2.45) is 0 Å². The monoisotopic (exact) mass is 156 g/mol. The Kier molecular flexibility index (Phi) is 2.01. The second-order valence-electron chi connectivity index (χ2n) is 1.88. The van der Waals surface area contributed by atoms with Gasteiger partial charge < -0.3 is 5.73 Å². The quantitative estimate of drug-likeness (QED) is 0.657. The van der Waals surface area contributed by atoms with Crippen molar-refractivity contribution < 1.29 is 4.79 Å². The number of carbonyl (C=O) groups excluding carboxylic acids is 1. The van der Waals surface area contributed by atoms with E-state index in [2.05, 4.69) is 4.37 Å². The maximum atomic E-state index is 11.0. The Morgan fingerprint density at radius 3 is 3.00 bits per heavy atom. The minimum Gasteiger partial charge on any atom is -0.389 e. The second kappa shape index (κ2) is 2.79. The molecule has 0 saturated carbocycles. The molecule has 0 unspecified atom stereocenters. The number of Topliss-reactive ketones (excluding diaryl/α,β-unsaturated/α-hetero) is 1. The molecule has 1 aromatic rings. The number of hydrogen-bond donors (Lipinski definition) is 1. The Balaban J connectivity index is 2.93. The van der Waals surface area contributed by atoms with E-state index in [-0.39, 0.29) is 5.78 Å². The van der Waals surface area contributed by atoms with Gasteiger partial charge >= 0.3 is 0 Å². The smallest absolute Gasteiger partial charge is 0.167 e. The topological polar surface area (TPSA) is 56.0 Å². The maximum Gasteiger partial charge on any atom is 0.167 e. The van der Waals surface area contributed by atoms with Crippen LogP contribution < -0.4 is 5.73 Å². The number of ketones is 1. The van der Waals surface area contributed by atoms with Gasteiger partial charge in [-0.15, -0.1) is 0 Å². The lowest BCUT2D eigenvalue weighted by Gasteiger charge is -1.90. The largest absolute Gasteiger partial charge is 0.389 e. The Bertz CT molecular complexity index is 244. The number of rotatable bonds is 2. The van der Waals surface area contributed by atoms with E-state index in [1.165, 1.54) is 6.20 Å². The average Bonchev–Trinajstić information content (AvgIpc) is 2.34. The van der Waals surface area contributed by atoms with Crippen LogP contribution in [0, 0.1) is 0 Å². The van der Waals surface area contributed by atoms with Crippen molar-refractivity contribution in [3.63, 3.8) is 0 Å². The van der Waals surface area contributed by atoms with Crippen LogP contribution in [-0.2, 0) is 0 Å². The Morgan fingerprint density at radius 1 is 1.90 bits per heavy atom. The summed E-state index contributed by atoms with van der Waals surface area (Å²) in [6, 6.07) is 0. The maximum absolute atomic E-state index is 11.0. The minimum absolute atomic E-state index is 0.0613. The Labute approximate surface area is 63.0 Å². The highest BCUT2D eigenvalue weighted by Crippen LogP contribution is 2.16. The number of aromatic nitrogens is 1. The zero-order valence-corrected chi connectivity index (χ0v) is 6.44. The van der Waals surface area contributed by atoms with Crippen molar-refractivity contribution in [3.05, 3.63) is 11.8 Å².